The molecule has 0 bridgehead atoms. The number of carboxylic acids is 1. The molecule has 1 aromatic rings. The minimum Gasteiger partial charge on any atom is -0.481 e. The molecule has 1 amide bonds. The molecule has 2 N–H and O–H groups in total. The van der Waals surface area contributed by atoms with Crippen molar-refractivity contribution < 1.29 is 14.7 Å². The van der Waals surface area contributed by atoms with E-state index in [1.807, 2.05) is 24.3 Å². The zero-order valence-electron chi connectivity index (χ0n) is 9.73. The van der Waals surface area contributed by atoms with Crippen molar-refractivity contribution in [1.29, 1.82) is 0 Å². The number of carbonyl (C=O) groups is 2. The van der Waals surface area contributed by atoms with E-state index in [4.69, 9.17) is 5.11 Å². The highest BCUT2D eigenvalue weighted by atomic mass is 79.9. The van der Waals surface area contributed by atoms with E-state index in [0.717, 1.165) is 16.5 Å². The number of halogens is 1. The van der Waals surface area contributed by atoms with E-state index in [0.29, 0.717) is 0 Å². The molecule has 5 heteroatoms. The van der Waals surface area contributed by atoms with Gasteiger partial charge in [-0.25, -0.2) is 0 Å². The predicted molar refractivity (Wildman–Crippen MR) is 70.3 cm³/mol. The normalized spacial score (nSPS) is 21.4. The standard InChI is InChI=1S/C13H14BrNO3/c14-9-3-1-8(2-4-9)10-7-11(10)13(18)15-6-5-12(16)17/h1-4,10-11H,5-7H2,(H,15,18)(H,16,17). The van der Waals surface area contributed by atoms with Crippen molar-refractivity contribution in [3.63, 3.8) is 0 Å². The summed E-state index contributed by atoms with van der Waals surface area (Å²) in [5.41, 5.74) is 1.16. The zero-order valence-corrected chi connectivity index (χ0v) is 11.3. The smallest absolute Gasteiger partial charge is 0.305 e. The summed E-state index contributed by atoms with van der Waals surface area (Å²) in [6.07, 6.45) is 0.821. The lowest BCUT2D eigenvalue weighted by molar-refractivity contribution is -0.136. The second kappa shape index (κ2) is 5.52. The molecule has 2 rings (SSSR count). The molecule has 2 atom stereocenters. The second-order valence-electron chi connectivity index (χ2n) is 4.44. The fourth-order valence-corrected chi connectivity index (χ4v) is 2.25. The van der Waals surface area contributed by atoms with Crippen LogP contribution in [0.4, 0.5) is 0 Å². The first-order valence-electron chi connectivity index (χ1n) is 5.83. The summed E-state index contributed by atoms with van der Waals surface area (Å²) in [7, 11) is 0. The molecule has 0 spiro atoms. The van der Waals surface area contributed by atoms with Crippen LogP contribution in [0.5, 0.6) is 0 Å². The first kappa shape index (κ1) is 13.1. The van der Waals surface area contributed by atoms with Gasteiger partial charge in [0.15, 0.2) is 0 Å². The molecular weight excluding hydrogens is 298 g/mol. The third kappa shape index (κ3) is 3.32. The lowest BCUT2D eigenvalue weighted by atomic mass is 10.1. The van der Waals surface area contributed by atoms with Crippen molar-refractivity contribution in [2.24, 2.45) is 5.92 Å². The first-order valence-corrected chi connectivity index (χ1v) is 6.62. The van der Waals surface area contributed by atoms with E-state index >= 15 is 0 Å². The lowest BCUT2D eigenvalue weighted by Gasteiger charge is -2.03. The van der Waals surface area contributed by atoms with Gasteiger partial charge in [0.1, 0.15) is 0 Å². The number of rotatable bonds is 5. The van der Waals surface area contributed by atoms with Gasteiger partial charge in [-0.15, -0.1) is 0 Å². The average Bonchev–Trinajstić information content (AvgIpc) is 3.09. The van der Waals surface area contributed by atoms with E-state index < -0.39 is 5.97 Å². The van der Waals surface area contributed by atoms with Gasteiger partial charge >= 0.3 is 5.97 Å². The van der Waals surface area contributed by atoms with E-state index in [-0.39, 0.29) is 30.7 Å². The van der Waals surface area contributed by atoms with Crippen molar-refractivity contribution in [2.75, 3.05) is 6.54 Å². The molecule has 1 aromatic carbocycles. The quantitative estimate of drug-likeness (QED) is 0.875. The van der Waals surface area contributed by atoms with E-state index in [1.54, 1.807) is 0 Å². The summed E-state index contributed by atoms with van der Waals surface area (Å²) in [6, 6.07) is 7.96. The third-order valence-corrected chi connectivity index (χ3v) is 3.59. The van der Waals surface area contributed by atoms with Crippen molar-refractivity contribution in [1.82, 2.24) is 5.32 Å². The molecule has 0 radical (unpaired) electrons. The highest BCUT2D eigenvalue weighted by molar-refractivity contribution is 9.10. The molecule has 4 nitrogen and oxygen atoms in total. The molecule has 0 aliphatic heterocycles. The molecule has 2 unspecified atom stereocenters. The van der Waals surface area contributed by atoms with Crippen LogP contribution in [0.3, 0.4) is 0 Å². The number of hydrogen-bond acceptors (Lipinski definition) is 2. The Morgan fingerprint density at radius 2 is 2.00 bits per heavy atom. The van der Waals surface area contributed by atoms with Crippen LogP contribution in [0.25, 0.3) is 0 Å². The van der Waals surface area contributed by atoms with Gasteiger partial charge in [0.25, 0.3) is 0 Å². The average molecular weight is 312 g/mol. The Morgan fingerprint density at radius 3 is 2.61 bits per heavy atom. The van der Waals surface area contributed by atoms with Gasteiger partial charge in [-0.2, -0.15) is 0 Å². The summed E-state index contributed by atoms with van der Waals surface area (Å²) in [6.45, 7) is 0.206. The van der Waals surface area contributed by atoms with Gasteiger partial charge in [-0.1, -0.05) is 28.1 Å². The lowest BCUT2D eigenvalue weighted by Crippen LogP contribution is -2.27. The van der Waals surface area contributed by atoms with Gasteiger partial charge in [-0.05, 0) is 30.0 Å². The largest absolute Gasteiger partial charge is 0.481 e. The van der Waals surface area contributed by atoms with Gasteiger partial charge in [0.2, 0.25) is 5.91 Å². The minimum atomic E-state index is -0.893. The SMILES string of the molecule is O=C(O)CCNC(=O)C1CC1c1ccc(Br)cc1. The molecule has 0 saturated heterocycles. The van der Waals surface area contributed by atoms with E-state index in [2.05, 4.69) is 21.2 Å². The predicted octanol–water partition coefficient (Wildman–Crippen LogP) is 2.14. The molecule has 1 aliphatic rings. The second-order valence-corrected chi connectivity index (χ2v) is 5.35. The molecule has 0 aromatic heterocycles. The van der Waals surface area contributed by atoms with Crippen LogP contribution >= 0.6 is 15.9 Å². The van der Waals surface area contributed by atoms with Crippen LogP contribution in [0.15, 0.2) is 28.7 Å². The molecule has 1 fully saturated rings. The molecule has 1 saturated carbocycles. The number of nitrogens with one attached hydrogen (secondary N) is 1. The Kier molecular flexibility index (Phi) is 4.01. The van der Waals surface area contributed by atoms with Gasteiger partial charge < -0.3 is 10.4 Å². The van der Waals surface area contributed by atoms with Crippen LogP contribution in [-0.2, 0) is 9.59 Å². The summed E-state index contributed by atoms with van der Waals surface area (Å²) in [5.74, 6) is -0.650. The highest BCUT2D eigenvalue weighted by Crippen LogP contribution is 2.47. The number of amides is 1. The Morgan fingerprint density at radius 1 is 1.33 bits per heavy atom. The zero-order chi connectivity index (χ0) is 13.1. The Balaban J connectivity index is 1.81. The summed E-state index contributed by atoms with van der Waals surface area (Å²) < 4.78 is 1.02. The summed E-state index contributed by atoms with van der Waals surface area (Å²) in [5, 5.41) is 11.1. The Bertz CT molecular complexity index is 458. The third-order valence-electron chi connectivity index (χ3n) is 3.06. The molecular formula is C13H14BrNO3. The number of carbonyl (C=O) groups excluding carboxylic acids is 1. The van der Waals surface area contributed by atoms with E-state index in [1.165, 1.54) is 0 Å². The van der Waals surface area contributed by atoms with Crippen molar-refractivity contribution in [2.45, 2.75) is 18.8 Å². The maximum Gasteiger partial charge on any atom is 0.305 e. The van der Waals surface area contributed by atoms with Crippen LogP contribution in [0.2, 0.25) is 0 Å². The van der Waals surface area contributed by atoms with Crippen LogP contribution < -0.4 is 5.32 Å². The van der Waals surface area contributed by atoms with Gasteiger partial charge in [-0.3, -0.25) is 9.59 Å². The Hall–Kier alpha value is -1.36. The van der Waals surface area contributed by atoms with E-state index in [9.17, 15) is 9.59 Å². The maximum absolute atomic E-state index is 11.7. The molecule has 18 heavy (non-hydrogen) atoms. The van der Waals surface area contributed by atoms with Gasteiger partial charge in [0, 0.05) is 16.9 Å². The van der Waals surface area contributed by atoms with Crippen LogP contribution in [0, 0.1) is 5.92 Å². The Labute approximate surface area is 114 Å². The maximum atomic E-state index is 11.7. The minimum absolute atomic E-state index is 0.0000274. The van der Waals surface area contributed by atoms with Crippen LogP contribution in [-0.4, -0.2) is 23.5 Å². The fraction of sp³-hybridized carbons (Fsp3) is 0.385. The van der Waals surface area contributed by atoms with Crippen molar-refractivity contribution in [3.8, 4) is 0 Å². The topological polar surface area (TPSA) is 66.4 Å². The van der Waals surface area contributed by atoms with Crippen LogP contribution in [0.1, 0.15) is 24.3 Å². The summed E-state index contributed by atoms with van der Waals surface area (Å²) >= 11 is 3.37. The fourth-order valence-electron chi connectivity index (χ4n) is 1.99. The monoisotopic (exact) mass is 311 g/mol. The molecule has 0 heterocycles. The van der Waals surface area contributed by atoms with Crippen molar-refractivity contribution >= 4 is 27.8 Å². The summed E-state index contributed by atoms with van der Waals surface area (Å²) in [4.78, 5) is 22.1. The number of carboxylic acid groups (broad SMARTS) is 1. The number of benzene rings is 1. The molecule has 1 aliphatic carbocycles. The first-order chi connectivity index (χ1) is 8.58. The number of hydrogen-bond donors (Lipinski definition) is 2. The van der Waals surface area contributed by atoms with Crippen molar-refractivity contribution in [3.05, 3.63) is 34.3 Å². The number of aliphatic carboxylic acids is 1. The van der Waals surface area contributed by atoms with Gasteiger partial charge in [0.05, 0.1) is 6.42 Å². The highest BCUT2D eigenvalue weighted by Gasteiger charge is 2.43. The molecule has 96 valence electrons.